The molecule has 6 heteroatoms. The van der Waals surface area contributed by atoms with Crippen LogP contribution in [-0.4, -0.2) is 17.0 Å². The SMILES string of the molecule is Cc1ccc(C(=O)N/N=C\c2ccc([N+](=O)[O-])cc2)cc1. The van der Waals surface area contributed by atoms with Gasteiger partial charge in [-0.1, -0.05) is 17.7 Å². The Balaban J connectivity index is 1.97. The zero-order chi connectivity index (χ0) is 15.2. The molecule has 0 aliphatic rings. The third-order valence-corrected chi connectivity index (χ3v) is 2.80. The van der Waals surface area contributed by atoms with Crippen LogP contribution in [0.5, 0.6) is 0 Å². The second-order valence-corrected chi connectivity index (χ2v) is 4.41. The largest absolute Gasteiger partial charge is 0.271 e. The highest BCUT2D eigenvalue weighted by Crippen LogP contribution is 2.10. The van der Waals surface area contributed by atoms with Gasteiger partial charge in [0.15, 0.2) is 0 Å². The summed E-state index contributed by atoms with van der Waals surface area (Å²) in [5.41, 5.74) is 4.65. The van der Waals surface area contributed by atoms with Gasteiger partial charge in [-0.05, 0) is 36.8 Å². The Morgan fingerprint density at radius 2 is 1.76 bits per heavy atom. The number of amides is 1. The summed E-state index contributed by atoms with van der Waals surface area (Å²) in [5, 5.41) is 14.3. The highest BCUT2D eigenvalue weighted by atomic mass is 16.6. The van der Waals surface area contributed by atoms with E-state index in [1.807, 2.05) is 19.1 Å². The highest BCUT2D eigenvalue weighted by molar-refractivity contribution is 5.94. The van der Waals surface area contributed by atoms with Crippen molar-refractivity contribution in [1.29, 1.82) is 0 Å². The van der Waals surface area contributed by atoms with E-state index in [1.165, 1.54) is 18.3 Å². The third kappa shape index (κ3) is 3.97. The van der Waals surface area contributed by atoms with E-state index in [1.54, 1.807) is 24.3 Å². The number of non-ortho nitro benzene ring substituents is 1. The van der Waals surface area contributed by atoms with E-state index in [2.05, 4.69) is 10.5 Å². The van der Waals surface area contributed by atoms with Crippen LogP contribution in [0.15, 0.2) is 53.6 Å². The lowest BCUT2D eigenvalue weighted by Crippen LogP contribution is -2.17. The van der Waals surface area contributed by atoms with Crippen molar-refractivity contribution in [2.24, 2.45) is 5.10 Å². The third-order valence-electron chi connectivity index (χ3n) is 2.80. The first-order valence-electron chi connectivity index (χ1n) is 6.21. The average molecular weight is 283 g/mol. The minimum absolute atomic E-state index is 0.0100. The maximum absolute atomic E-state index is 11.8. The number of nitrogens with one attached hydrogen (secondary N) is 1. The van der Waals surface area contributed by atoms with Gasteiger partial charge in [-0.15, -0.1) is 0 Å². The van der Waals surface area contributed by atoms with Crippen LogP contribution >= 0.6 is 0 Å². The van der Waals surface area contributed by atoms with E-state index in [-0.39, 0.29) is 11.6 Å². The van der Waals surface area contributed by atoms with Crippen LogP contribution in [0, 0.1) is 17.0 Å². The van der Waals surface area contributed by atoms with Gasteiger partial charge < -0.3 is 0 Å². The van der Waals surface area contributed by atoms with Crippen molar-refractivity contribution >= 4 is 17.8 Å². The zero-order valence-corrected chi connectivity index (χ0v) is 11.3. The monoisotopic (exact) mass is 283 g/mol. The lowest BCUT2D eigenvalue weighted by molar-refractivity contribution is -0.384. The number of nitro benzene ring substituents is 1. The number of hydrogen-bond donors (Lipinski definition) is 1. The topological polar surface area (TPSA) is 84.6 Å². The molecule has 0 atom stereocenters. The van der Waals surface area contributed by atoms with Crippen molar-refractivity contribution in [2.75, 3.05) is 0 Å². The maximum Gasteiger partial charge on any atom is 0.271 e. The summed E-state index contributed by atoms with van der Waals surface area (Å²) < 4.78 is 0. The summed E-state index contributed by atoms with van der Waals surface area (Å²) in [7, 11) is 0. The molecular weight excluding hydrogens is 270 g/mol. The molecule has 0 radical (unpaired) electrons. The number of benzene rings is 2. The molecule has 0 spiro atoms. The normalized spacial score (nSPS) is 10.5. The van der Waals surface area contributed by atoms with Crippen molar-refractivity contribution in [3.63, 3.8) is 0 Å². The van der Waals surface area contributed by atoms with Gasteiger partial charge in [-0.2, -0.15) is 5.10 Å². The average Bonchev–Trinajstić information content (AvgIpc) is 2.48. The number of hydrazone groups is 1. The van der Waals surface area contributed by atoms with Crippen molar-refractivity contribution < 1.29 is 9.72 Å². The van der Waals surface area contributed by atoms with Crippen molar-refractivity contribution in [3.05, 3.63) is 75.3 Å². The molecule has 2 aromatic carbocycles. The molecule has 0 aliphatic carbocycles. The predicted octanol–water partition coefficient (Wildman–Crippen LogP) is 2.67. The molecule has 1 amide bonds. The Hall–Kier alpha value is -3.02. The molecule has 0 saturated carbocycles. The number of nitrogens with zero attached hydrogens (tertiary/aromatic N) is 2. The Kier molecular flexibility index (Phi) is 4.40. The van der Waals surface area contributed by atoms with Gasteiger partial charge in [0.2, 0.25) is 0 Å². The standard InChI is InChI=1S/C15H13N3O3/c1-11-2-6-13(7-3-11)15(19)17-16-10-12-4-8-14(9-5-12)18(20)21/h2-10H,1H3,(H,17,19)/b16-10-. The Bertz CT molecular complexity index is 676. The lowest BCUT2D eigenvalue weighted by atomic mass is 10.1. The van der Waals surface area contributed by atoms with E-state index in [4.69, 9.17) is 0 Å². The molecule has 2 rings (SSSR count). The van der Waals surface area contributed by atoms with Crippen LogP contribution in [0.2, 0.25) is 0 Å². The van der Waals surface area contributed by atoms with E-state index < -0.39 is 4.92 Å². The van der Waals surface area contributed by atoms with Crippen molar-refractivity contribution in [3.8, 4) is 0 Å². The quantitative estimate of drug-likeness (QED) is 0.532. The molecule has 0 saturated heterocycles. The number of rotatable bonds is 4. The van der Waals surface area contributed by atoms with Gasteiger partial charge in [0, 0.05) is 17.7 Å². The van der Waals surface area contributed by atoms with Gasteiger partial charge in [-0.3, -0.25) is 14.9 Å². The van der Waals surface area contributed by atoms with Crippen LogP contribution in [-0.2, 0) is 0 Å². The summed E-state index contributed by atoms with van der Waals surface area (Å²) in [5.74, 6) is -0.312. The van der Waals surface area contributed by atoms with Gasteiger partial charge in [0.25, 0.3) is 11.6 Å². The molecule has 0 aromatic heterocycles. The Labute approximate surface area is 121 Å². The summed E-state index contributed by atoms with van der Waals surface area (Å²) in [6, 6.07) is 13.0. The Morgan fingerprint density at radius 3 is 2.33 bits per heavy atom. The molecule has 0 bridgehead atoms. The molecule has 2 aromatic rings. The van der Waals surface area contributed by atoms with E-state index in [0.29, 0.717) is 11.1 Å². The maximum atomic E-state index is 11.8. The van der Waals surface area contributed by atoms with Gasteiger partial charge >= 0.3 is 0 Å². The Morgan fingerprint density at radius 1 is 1.14 bits per heavy atom. The van der Waals surface area contributed by atoms with Gasteiger partial charge in [-0.25, -0.2) is 5.43 Å². The minimum atomic E-state index is -0.472. The summed E-state index contributed by atoms with van der Waals surface area (Å²) >= 11 is 0. The van der Waals surface area contributed by atoms with Gasteiger partial charge in [0.1, 0.15) is 0 Å². The van der Waals surface area contributed by atoms with Gasteiger partial charge in [0.05, 0.1) is 11.1 Å². The molecule has 6 nitrogen and oxygen atoms in total. The number of nitro groups is 1. The first-order valence-corrected chi connectivity index (χ1v) is 6.21. The fraction of sp³-hybridized carbons (Fsp3) is 0.0667. The molecule has 0 aliphatic heterocycles. The molecule has 106 valence electrons. The van der Waals surface area contributed by atoms with E-state index in [9.17, 15) is 14.9 Å². The zero-order valence-electron chi connectivity index (χ0n) is 11.3. The summed E-state index contributed by atoms with van der Waals surface area (Å²) in [4.78, 5) is 21.8. The lowest BCUT2D eigenvalue weighted by Gasteiger charge is -2.00. The van der Waals surface area contributed by atoms with Crippen LogP contribution in [0.4, 0.5) is 5.69 Å². The number of carbonyl (C=O) groups is 1. The smallest absolute Gasteiger partial charge is 0.267 e. The summed E-state index contributed by atoms with van der Waals surface area (Å²) in [6.07, 6.45) is 1.43. The van der Waals surface area contributed by atoms with Crippen LogP contribution in [0.25, 0.3) is 0 Å². The molecule has 0 heterocycles. The predicted molar refractivity (Wildman–Crippen MR) is 79.3 cm³/mol. The second-order valence-electron chi connectivity index (χ2n) is 4.41. The molecule has 0 unspecified atom stereocenters. The first-order chi connectivity index (χ1) is 10.1. The van der Waals surface area contributed by atoms with Crippen LogP contribution < -0.4 is 5.43 Å². The first kappa shape index (κ1) is 14.4. The highest BCUT2D eigenvalue weighted by Gasteiger charge is 2.04. The van der Waals surface area contributed by atoms with Crippen LogP contribution in [0.3, 0.4) is 0 Å². The summed E-state index contributed by atoms with van der Waals surface area (Å²) in [6.45, 7) is 1.94. The fourth-order valence-electron chi connectivity index (χ4n) is 1.62. The number of carbonyl (C=O) groups excluding carboxylic acids is 1. The van der Waals surface area contributed by atoms with Crippen LogP contribution in [0.1, 0.15) is 21.5 Å². The van der Waals surface area contributed by atoms with Crippen molar-refractivity contribution in [1.82, 2.24) is 5.43 Å². The molecule has 0 fully saturated rings. The number of hydrogen-bond acceptors (Lipinski definition) is 4. The molecule has 21 heavy (non-hydrogen) atoms. The number of aryl methyl sites for hydroxylation is 1. The van der Waals surface area contributed by atoms with E-state index >= 15 is 0 Å². The molecule has 1 N–H and O–H groups in total. The molecular formula is C15H13N3O3. The van der Waals surface area contributed by atoms with E-state index in [0.717, 1.165) is 5.56 Å². The fourth-order valence-corrected chi connectivity index (χ4v) is 1.62. The second kappa shape index (κ2) is 6.42. The van der Waals surface area contributed by atoms with Crippen molar-refractivity contribution in [2.45, 2.75) is 6.92 Å². The minimum Gasteiger partial charge on any atom is -0.267 e.